The second-order valence-electron chi connectivity index (χ2n) is 5.58. The van der Waals surface area contributed by atoms with E-state index in [0.29, 0.717) is 13.1 Å². The van der Waals surface area contributed by atoms with Crippen LogP contribution in [0.4, 0.5) is 0 Å². The third kappa shape index (κ3) is 5.16. The van der Waals surface area contributed by atoms with E-state index in [9.17, 15) is 4.79 Å². The van der Waals surface area contributed by atoms with Crippen molar-refractivity contribution in [2.75, 3.05) is 0 Å². The SMILES string of the molecule is O=C(/C=C/c1ccc(Br)cc1)NCc1ccccc1Cn1cccn1. The summed E-state index contributed by atoms with van der Waals surface area (Å²) >= 11 is 3.39. The number of hydrogen-bond donors (Lipinski definition) is 1. The molecule has 4 nitrogen and oxygen atoms in total. The van der Waals surface area contributed by atoms with E-state index >= 15 is 0 Å². The Hall–Kier alpha value is -2.66. The van der Waals surface area contributed by atoms with Crippen molar-refractivity contribution in [1.29, 1.82) is 0 Å². The Morgan fingerprint density at radius 3 is 2.56 bits per heavy atom. The fourth-order valence-corrected chi connectivity index (χ4v) is 2.70. The summed E-state index contributed by atoms with van der Waals surface area (Å²) < 4.78 is 2.89. The molecule has 2 aromatic carbocycles. The Kier molecular flexibility index (Phi) is 5.80. The fourth-order valence-electron chi connectivity index (χ4n) is 2.44. The average molecular weight is 396 g/mol. The first kappa shape index (κ1) is 17.2. The van der Waals surface area contributed by atoms with Crippen LogP contribution in [0.25, 0.3) is 6.08 Å². The molecular weight excluding hydrogens is 378 g/mol. The van der Waals surface area contributed by atoms with E-state index in [1.807, 2.05) is 59.4 Å². The van der Waals surface area contributed by atoms with Crippen LogP contribution < -0.4 is 5.32 Å². The zero-order valence-electron chi connectivity index (χ0n) is 13.6. The van der Waals surface area contributed by atoms with Gasteiger partial charge in [-0.2, -0.15) is 5.10 Å². The molecule has 0 aliphatic carbocycles. The molecule has 0 spiro atoms. The number of benzene rings is 2. The van der Waals surface area contributed by atoms with Gasteiger partial charge in [0.05, 0.1) is 6.54 Å². The Balaban J connectivity index is 1.59. The van der Waals surface area contributed by atoms with Crippen LogP contribution in [0.15, 0.2) is 77.5 Å². The van der Waals surface area contributed by atoms with Gasteiger partial charge >= 0.3 is 0 Å². The van der Waals surface area contributed by atoms with Gasteiger partial charge in [-0.3, -0.25) is 9.48 Å². The maximum absolute atomic E-state index is 12.1. The van der Waals surface area contributed by atoms with Gasteiger partial charge in [-0.15, -0.1) is 0 Å². The van der Waals surface area contributed by atoms with Gasteiger partial charge in [-0.05, 0) is 41.0 Å². The van der Waals surface area contributed by atoms with Crippen LogP contribution in [0.5, 0.6) is 0 Å². The minimum Gasteiger partial charge on any atom is -0.348 e. The monoisotopic (exact) mass is 395 g/mol. The number of aromatic nitrogens is 2. The van der Waals surface area contributed by atoms with E-state index < -0.39 is 0 Å². The molecule has 3 aromatic rings. The summed E-state index contributed by atoms with van der Waals surface area (Å²) in [5.74, 6) is -0.114. The van der Waals surface area contributed by atoms with Crippen molar-refractivity contribution in [2.45, 2.75) is 13.1 Å². The molecule has 5 heteroatoms. The van der Waals surface area contributed by atoms with Gasteiger partial charge in [0.2, 0.25) is 5.91 Å². The van der Waals surface area contributed by atoms with Crippen molar-refractivity contribution < 1.29 is 4.79 Å². The molecule has 0 atom stereocenters. The molecule has 1 aromatic heterocycles. The fraction of sp³-hybridized carbons (Fsp3) is 0.100. The van der Waals surface area contributed by atoms with Gasteiger partial charge in [0.1, 0.15) is 0 Å². The van der Waals surface area contributed by atoms with Crippen LogP contribution in [0, 0.1) is 0 Å². The van der Waals surface area contributed by atoms with Crippen LogP contribution in [0.1, 0.15) is 16.7 Å². The summed E-state index contributed by atoms with van der Waals surface area (Å²) in [6.07, 6.45) is 7.05. The van der Waals surface area contributed by atoms with Crippen LogP contribution in [0.3, 0.4) is 0 Å². The van der Waals surface area contributed by atoms with Crippen LogP contribution in [-0.2, 0) is 17.9 Å². The van der Waals surface area contributed by atoms with Crippen molar-refractivity contribution in [3.8, 4) is 0 Å². The minimum atomic E-state index is -0.114. The van der Waals surface area contributed by atoms with Gasteiger partial charge in [0, 0.05) is 29.5 Å². The molecule has 0 saturated heterocycles. The normalized spacial score (nSPS) is 10.9. The van der Waals surface area contributed by atoms with Gasteiger partial charge in [-0.25, -0.2) is 0 Å². The Labute approximate surface area is 155 Å². The van der Waals surface area contributed by atoms with Gasteiger partial charge in [0.25, 0.3) is 0 Å². The van der Waals surface area contributed by atoms with Crippen LogP contribution in [0.2, 0.25) is 0 Å². The zero-order chi connectivity index (χ0) is 17.5. The lowest BCUT2D eigenvalue weighted by Gasteiger charge is -2.10. The van der Waals surface area contributed by atoms with Crippen molar-refractivity contribution in [3.05, 3.63) is 94.2 Å². The summed E-state index contributed by atoms with van der Waals surface area (Å²) in [5.41, 5.74) is 3.21. The molecule has 0 fully saturated rings. The summed E-state index contributed by atoms with van der Waals surface area (Å²) in [4.78, 5) is 12.1. The maximum atomic E-state index is 12.1. The van der Waals surface area contributed by atoms with E-state index in [2.05, 4.69) is 32.4 Å². The predicted octanol–water partition coefficient (Wildman–Crippen LogP) is 4.02. The average Bonchev–Trinajstić information content (AvgIpc) is 3.13. The lowest BCUT2D eigenvalue weighted by atomic mass is 10.1. The van der Waals surface area contributed by atoms with Crippen LogP contribution in [-0.4, -0.2) is 15.7 Å². The van der Waals surface area contributed by atoms with Crippen molar-refractivity contribution in [1.82, 2.24) is 15.1 Å². The zero-order valence-corrected chi connectivity index (χ0v) is 15.2. The quantitative estimate of drug-likeness (QED) is 0.640. The van der Waals surface area contributed by atoms with Gasteiger partial charge < -0.3 is 5.32 Å². The predicted molar refractivity (Wildman–Crippen MR) is 103 cm³/mol. The smallest absolute Gasteiger partial charge is 0.244 e. The molecule has 0 aliphatic heterocycles. The van der Waals surface area contributed by atoms with E-state index in [4.69, 9.17) is 0 Å². The number of nitrogens with one attached hydrogen (secondary N) is 1. The number of halogens is 1. The van der Waals surface area contributed by atoms with E-state index in [-0.39, 0.29) is 5.91 Å². The van der Waals surface area contributed by atoms with Crippen LogP contribution >= 0.6 is 15.9 Å². The molecule has 126 valence electrons. The highest BCUT2D eigenvalue weighted by molar-refractivity contribution is 9.10. The van der Waals surface area contributed by atoms with Crippen molar-refractivity contribution >= 4 is 27.9 Å². The number of nitrogens with zero attached hydrogens (tertiary/aromatic N) is 2. The highest BCUT2D eigenvalue weighted by atomic mass is 79.9. The molecule has 1 heterocycles. The molecule has 1 N–H and O–H groups in total. The number of amides is 1. The molecule has 0 saturated carbocycles. The number of hydrogen-bond acceptors (Lipinski definition) is 2. The summed E-state index contributed by atoms with van der Waals surface area (Å²) in [7, 11) is 0. The summed E-state index contributed by atoms with van der Waals surface area (Å²) in [5, 5.41) is 7.17. The third-order valence-corrected chi connectivity index (χ3v) is 4.29. The minimum absolute atomic E-state index is 0.114. The molecule has 25 heavy (non-hydrogen) atoms. The largest absolute Gasteiger partial charge is 0.348 e. The topological polar surface area (TPSA) is 46.9 Å². The highest BCUT2D eigenvalue weighted by Gasteiger charge is 2.04. The van der Waals surface area contributed by atoms with Gasteiger partial charge in [0.15, 0.2) is 0 Å². The first-order valence-corrected chi connectivity index (χ1v) is 8.76. The van der Waals surface area contributed by atoms with E-state index in [1.165, 1.54) is 0 Å². The third-order valence-electron chi connectivity index (χ3n) is 3.76. The number of carbonyl (C=O) groups is 1. The number of rotatable bonds is 6. The highest BCUT2D eigenvalue weighted by Crippen LogP contribution is 2.12. The van der Waals surface area contributed by atoms with Crippen molar-refractivity contribution in [3.63, 3.8) is 0 Å². The molecule has 0 bridgehead atoms. The maximum Gasteiger partial charge on any atom is 0.244 e. The molecule has 0 radical (unpaired) electrons. The Bertz CT molecular complexity index is 855. The van der Waals surface area contributed by atoms with E-state index in [0.717, 1.165) is 21.2 Å². The summed E-state index contributed by atoms with van der Waals surface area (Å²) in [6, 6.07) is 17.8. The summed E-state index contributed by atoms with van der Waals surface area (Å²) in [6.45, 7) is 1.18. The standard InChI is InChI=1S/C20H18BrN3O/c21-19-9-6-16(7-10-19)8-11-20(25)22-14-17-4-1-2-5-18(17)15-24-13-3-12-23-24/h1-13H,14-15H2,(H,22,25)/b11-8+. The molecule has 0 unspecified atom stereocenters. The van der Waals surface area contributed by atoms with Gasteiger partial charge in [-0.1, -0.05) is 52.3 Å². The van der Waals surface area contributed by atoms with Crippen molar-refractivity contribution in [2.24, 2.45) is 0 Å². The Morgan fingerprint density at radius 1 is 1.08 bits per heavy atom. The first-order valence-electron chi connectivity index (χ1n) is 7.96. The Morgan fingerprint density at radius 2 is 1.84 bits per heavy atom. The lowest BCUT2D eigenvalue weighted by molar-refractivity contribution is -0.116. The second-order valence-corrected chi connectivity index (χ2v) is 6.49. The lowest BCUT2D eigenvalue weighted by Crippen LogP contribution is -2.21. The molecule has 0 aliphatic rings. The molecular formula is C20H18BrN3O. The van der Waals surface area contributed by atoms with E-state index in [1.54, 1.807) is 18.3 Å². The first-order chi connectivity index (χ1) is 12.2. The molecule has 1 amide bonds. The number of carbonyl (C=O) groups excluding carboxylic acids is 1. The molecule has 3 rings (SSSR count). The second kappa shape index (κ2) is 8.44.